The Labute approximate surface area is 175 Å². The van der Waals surface area contributed by atoms with Gasteiger partial charge >= 0.3 is 6.03 Å². The molecule has 1 aliphatic carbocycles. The first-order valence-electron chi connectivity index (χ1n) is 10.3. The second-order valence-corrected chi connectivity index (χ2v) is 7.72. The van der Waals surface area contributed by atoms with Gasteiger partial charge in [-0.25, -0.2) is 4.79 Å². The summed E-state index contributed by atoms with van der Waals surface area (Å²) < 4.78 is 5.84. The molecule has 30 heavy (non-hydrogen) atoms. The summed E-state index contributed by atoms with van der Waals surface area (Å²) in [6.45, 7) is -0.245. The first-order chi connectivity index (χ1) is 14.6. The molecule has 0 spiro atoms. The van der Waals surface area contributed by atoms with Crippen LogP contribution in [0.4, 0.5) is 4.79 Å². The number of nitrogens with zero attached hydrogens (tertiary/aromatic N) is 1. The molecule has 1 atom stereocenters. The van der Waals surface area contributed by atoms with Crippen molar-refractivity contribution in [3.05, 3.63) is 60.2 Å². The minimum atomic E-state index is -0.549. The van der Waals surface area contributed by atoms with Gasteiger partial charge in [-0.3, -0.25) is 14.5 Å². The van der Waals surface area contributed by atoms with Crippen LogP contribution in [0.15, 0.2) is 54.6 Å². The Balaban J connectivity index is 1.38. The zero-order chi connectivity index (χ0) is 20.9. The summed E-state index contributed by atoms with van der Waals surface area (Å²) in [5.41, 5.74) is 0.778. The van der Waals surface area contributed by atoms with Crippen molar-refractivity contribution in [3.63, 3.8) is 0 Å². The summed E-state index contributed by atoms with van der Waals surface area (Å²) in [6, 6.07) is 15.8. The molecule has 0 bridgehead atoms. The fraction of sp³-hybridized carbons (Fsp3) is 0.348. The molecule has 7 heteroatoms. The van der Waals surface area contributed by atoms with E-state index < -0.39 is 12.1 Å². The number of urea groups is 1. The van der Waals surface area contributed by atoms with Gasteiger partial charge in [-0.05, 0) is 42.7 Å². The highest BCUT2D eigenvalue weighted by Gasteiger charge is 2.34. The molecule has 2 aliphatic rings. The molecule has 7 nitrogen and oxygen atoms in total. The maximum atomic E-state index is 12.6. The number of carbonyl (C=O) groups excluding carboxylic acids is 3. The molecule has 2 aromatic carbocycles. The van der Waals surface area contributed by atoms with Crippen LogP contribution in [-0.4, -0.2) is 35.3 Å². The van der Waals surface area contributed by atoms with Gasteiger partial charge in [0.25, 0.3) is 0 Å². The molecule has 2 N–H and O–H groups in total. The van der Waals surface area contributed by atoms with Gasteiger partial charge in [-0.15, -0.1) is 0 Å². The van der Waals surface area contributed by atoms with E-state index in [1.165, 1.54) is 0 Å². The number of carbonyl (C=O) groups is 3. The van der Waals surface area contributed by atoms with E-state index in [4.69, 9.17) is 4.74 Å². The van der Waals surface area contributed by atoms with Crippen LogP contribution >= 0.6 is 0 Å². The average Bonchev–Trinajstić information content (AvgIpc) is 3.24. The standard InChI is InChI=1S/C23H25N3O4/c27-21(24-17-8-4-5-9-17)15-26-22(28)14-20(25-23(26)29)16-7-6-12-19(13-16)30-18-10-2-1-3-11-18/h1-3,6-7,10-13,17,20H,4-5,8-9,14-15H2,(H,24,27)(H,25,29)/t20-/m0/s1. The van der Waals surface area contributed by atoms with Gasteiger partial charge in [0.1, 0.15) is 18.0 Å². The van der Waals surface area contributed by atoms with E-state index in [1.807, 2.05) is 54.6 Å². The zero-order valence-electron chi connectivity index (χ0n) is 16.7. The molecule has 4 rings (SSSR count). The maximum Gasteiger partial charge on any atom is 0.325 e. The predicted octanol–water partition coefficient (Wildman–Crippen LogP) is 3.52. The molecule has 1 heterocycles. The van der Waals surface area contributed by atoms with E-state index >= 15 is 0 Å². The normalized spacial score (nSPS) is 19.5. The third-order valence-corrected chi connectivity index (χ3v) is 5.48. The smallest absolute Gasteiger partial charge is 0.325 e. The van der Waals surface area contributed by atoms with E-state index in [9.17, 15) is 14.4 Å². The molecule has 0 radical (unpaired) electrons. The third-order valence-electron chi connectivity index (χ3n) is 5.48. The Morgan fingerprint density at radius 2 is 1.77 bits per heavy atom. The largest absolute Gasteiger partial charge is 0.457 e. The predicted molar refractivity (Wildman–Crippen MR) is 111 cm³/mol. The molecule has 0 aromatic heterocycles. The average molecular weight is 407 g/mol. The van der Waals surface area contributed by atoms with E-state index in [0.717, 1.165) is 36.1 Å². The number of imide groups is 1. The lowest BCUT2D eigenvalue weighted by molar-refractivity contribution is -0.135. The lowest BCUT2D eigenvalue weighted by Gasteiger charge is -2.31. The van der Waals surface area contributed by atoms with Gasteiger partial charge in [-0.1, -0.05) is 43.2 Å². The Kier molecular flexibility index (Phi) is 5.97. The summed E-state index contributed by atoms with van der Waals surface area (Å²) in [7, 11) is 0. The maximum absolute atomic E-state index is 12.6. The summed E-state index contributed by atoms with van der Waals surface area (Å²) in [6.07, 6.45) is 4.20. The highest BCUT2D eigenvalue weighted by atomic mass is 16.5. The number of para-hydroxylation sites is 1. The molecule has 1 saturated carbocycles. The van der Waals surface area contributed by atoms with Crippen LogP contribution in [-0.2, 0) is 9.59 Å². The number of hydrogen-bond donors (Lipinski definition) is 2. The van der Waals surface area contributed by atoms with Crippen molar-refractivity contribution in [1.82, 2.24) is 15.5 Å². The van der Waals surface area contributed by atoms with Gasteiger partial charge in [0.2, 0.25) is 11.8 Å². The first-order valence-corrected chi connectivity index (χ1v) is 10.3. The fourth-order valence-electron chi connectivity index (χ4n) is 3.94. The summed E-state index contributed by atoms with van der Waals surface area (Å²) in [5, 5.41) is 5.75. The Morgan fingerprint density at radius 3 is 2.50 bits per heavy atom. The van der Waals surface area contributed by atoms with Crippen molar-refractivity contribution >= 4 is 17.8 Å². The van der Waals surface area contributed by atoms with Crippen molar-refractivity contribution in [2.75, 3.05) is 6.54 Å². The Hall–Kier alpha value is -3.35. The van der Waals surface area contributed by atoms with Gasteiger partial charge in [0, 0.05) is 6.04 Å². The van der Waals surface area contributed by atoms with Crippen LogP contribution in [0.25, 0.3) is 0 Å². The molecule has 4 amide bonds. The molecule has 2 fully saturated rings. The van der Waals surface area contributed by atoms with Crippen LogP contribution in [0.2, 0.25) is 0 Å². The SMILES string of the molecule is O=C(CN1C(=O)C[C@@H](c2cccc(Oc3ccccc3)c2)NC1=O)NC1CCCC1. The zero-order valence-corrected chi connectivity index (χ0v) is 16.7. The van der Waals surface area contributed by atoms with Crippen LogP contribution in [0.1, 0.15) is 43.7 Å². The Morgan fingerprint density at radius 1 is 1.03 bits per heavy atom. The minimum Gasteiger partial charge on any atom is -0.457 e. The second-order valence-electron chi connectivity index (χ2n) is 7.72. The topological polar surface area (TPSA) is 87.7 Å². The second kappa shape index (κ2) is 8.98. The third kappa shape index (κ3) is 4.79. The van der Waals surface area contributed by atoms with Gasteiger partial charge in [-0.2, -0.15) is 0 Å². The van der Waals surface area contributed by atoms with Crippen molar-refractivity contribution in [2.24, 2.45) is 0 Å². The molecular weight excluding hydrogens is 382 g/mol. The molecule has 1 aliphatic heterocycles. The van der Waals surface area contributed by atoms with Crippen molar-refractivity contribution in [2.45, 2.75) is 44.2 Å². The van der Waals surface area contributed by atoms with Crippen molar-refractivity contribution in [3.8, 4) is 11.5 Å². The number of amides is 4. The lowest BCUT2D eigenvalue weighted by atomic mass is 10.0. The molecule has 1 saturated heterocycles. The van der Waals surface area contributed by atoms with Gasteiger partial charge in [0.15, 0.2) is 0 Å². The van der Waals surface area contributed by atoms with Crippen LogP contribution in [0, 0.1) is 0 Å². The summed E-state index contributed by atoms with van der Waals surface area (Å²) in [4.78, 5) is 38.3. The number of nitrogens with one attached hydrogen (secondary N) is 2. The van der Waals surface area contributed by atoms with E-state index in [0.29, 0.717) is 11.5 Å². The molecule has 2 aromatic rings. The monoisotopic (exact) mass is 407 g/mol. The highest BCUT2D eigenvalue weighted by molar-refractivity contribution is 6.00. The van der Waals surface area contributed by atoms with Crippen molar-refractivity contribution < 1.29 is 19.1 Å². The quantitative estimate of drug-likeness (QED) is 0.767. The minimum absolute atomic E-state index is 0.0945. The molecule has 0 unspecified atom stereocenters. The van der Waals surface area contributed by atoms with E-state index in [2.05, 4.69) is 10.6 Å². The van der Waals surface area contributed by atoms with E-state index in [1.54, 1.807) is 0 Å². The van der Waals surface area contributed by atoms with E-state index in [-0.39, 0.29) is 30.8 Å². The summed E-state index contributed by atoms with van der Waals surface area (Å²) in [5.74, 6) is 0.679. The molecule has 156 valence electrons. The van der Waals surface area contributed by atoms with Crippen LogP contribution < -0.4 is 15.4 Å². The number of benzene rings is 2. The first kappa shape index (κ1) is 19.9. The lowest BCUT2D eigenvalue weighted by Crippen LogP contribution is -2.54. The number of ether oxygens (including phenoxy) is 1. The van der Waals surface area contributed by atoms with Crippen LogP contribution in [0.3, 0.4) is 0 Å². The van der Waals surface area contributed by atoms with Gasteiger partial charge in [0.05, 0.1) is 12.5 Å². The number of hydrogen-bond acceptors (Lipinski definition) is 4. The van der Waals surface area contributed by atoms with Gasteiger partial charge < -0.3 is 15.4 Å². The Bertz CT molecular complexity index is 907. The molecular formula is C23H25N3O4. The highest BCUT2D eigenvalue weighted by Crippen LogP contribution is 2.28. The summed E-state index contributed by atoms with van der Waals surface area (Å²) >= 11 is 0. The fourth-order valence-corrected chi connectivity index (χ4v) is 3.94. The van der Waals surface area contributed by atoms with Crippen LogP contribution in [0.5, 0.6) is 11.5 Å². The number of rotatable bonds is 6. The van der Waals surface area contributed by atoms with Crippen molar-refractivity contribution in [1.29, 1.82) is 0 Å².